The molecule has 1 fully saturated rings. The summed E-state index contributed by atoms with van der Waals surface area (Å²) in [7, 11) is 0. The van der Waals surface area contributed by atoms with E-state index in [1.54, 1.807) is 12.5 Å². The highest BCUT2D eigenvalue weighted by atomic mass is 16.5. The van der Waals surface area contributed by atoms with Crippen molar-refractivity contribution in [1.82, 2.24) is 25.1 Å². The zero-order valence-corrected chi connectivity index (χ0v) is 15.1. The standard InChI is InChI=1S/C19H25N5O2/c1-13-17(3-2-10-20-13)26-16-7-5-15(6-8-16)23-19(25)14-4-9-18-21-12-22-24(18)11-14/h2-3,10,12,14-16H,4-9,11H2,1H3,(H,23,25). The Hall–Kier alpha value is -2.44. The summed E-state index contributed by atoms with van der Waals surface area (Å²) in [6, 6.07) is 4.12. The SMILES string of the molecule is Cc1ncccc1OC1CCC(NC(=O)C2CCc3ncnn3C2)CC1. The van der Waals surface area contributed by atoms with Crippen LogP contribution in [0.4, 0.5) is 0 Å². The van der Waals surface area contributed by atoms with Gasteiger partial charge in [0.1, 0.15) is 17.9 Å². The Bertz CT molecular complexity index is 767. The lowest BCUT2D eigenvalue weighted by Gasteiger charge is -2.31. The number of amides is 1. The molecular formula is C19H25N5O2. The monoisotopic (exact) mass is 355 g/mol. The molecule has 0 radical (unpaired) electrons. The maximum Gasteiger partial charge on any atom is 0.225 e. The molecule has 1 atom stereocenters. The second-order valence-corrected chi connectivity index (χ2v) is 7.28. The number of carbonyl (C=O) groups is 1. The molecule has 1 aliphatic heterocycles. The van der Waals surface area contributed by atoms with Gasteiger partial charge in [-0.1, -0.05) is 0 Å². The molecule has 0 aromatic carbocycles. The number of hydrogen-bond donors (Lipinski definition) is 1. The van der Waals surface area contributed by atoms with Crippen molar-refractivity contribution in [3.63, 3.8) is 0 Å². The van der Waals surface area contributed by atoms with Crippen molar-refractivity contribution in [2.45, 2.75) is 64.1 Å². The number of rotatable bonds is 4. The number of hydrogen-bond acceptors (Lipinski definition) is 5. The van der Waals surface area contributed by atoms with Gasteiger partial charge in [0.15, 0.2) is 0 Å². The average molecular weight is 355 g/mol. The van der Waals surface area contributed by atoms with Gasteiger partial charge in [0, 0.05) is 18.7 Å². The summed E-state index contributed by atoms with van der Waals surface area (Å²) in [4.78, 5) is 21.1. The topological polar surface area (TPSA) is 81.9 Å². The van der Waals surface area contributed by atoms with Crippen LogP contribution < -0.4 is 10.1 Å². The van der Waals surface area contributed by atoms with Crippen LogP contribution in [0.25, 0.3) is 0 Å². The molecule has 2 aromatic heterocycles. The van der Waals surface area contributed by atoms with E-state index in [4.69, 9.17) is 4.74 Å². The lowest BCUT2D eigenvalue weighted by Crippen LogP contribution is -2.44. The second-order valence-electron chi connectivity index (χ2n) is 7.28. The second kappa shape index (κ2) is 7.43. The van der Waals surface area contributed by atoms with Crippen molar-refractivity contribution in [1.29, 1.82) is 0 Å². The summed E-state index contributed by atoms with van der Waals surface area (Å²) in [5.41, 5.74) is 0.924. The summed E-state index contributed by atoms with van der Waals surface area (Å²) in [5, 5.41) is 7.44. The van der Waals surface area contributed by atoms with E-state index in [2.05, 4.69) is 20.4 Å². The first-order chi connectivity index (χ1) is 12.7. The number of nitrogens with zero attached hydrogens (tertiary/aromatic N) is 4. The fraction of sp³-hybridized carbons (Fsp3) is 0.579. The summed E-state index contributed by atoms with van der Waals surface area (Å²) in [6.07, 6.45) is 9.05. The molecule has 26 heavy (non-hydrogen) atoms. The summed E-state index contributed by atoms with van der Waals surface area (Å²) in [6.45, 7) is 2.60. The van der Waals surface area contributed by atoms with Crippen molar-refractivity contribution >= 4 is 5.91 Å². The van der Waals surface area contributed by atoms with Crippen LogP contribution in [0.2, 0.25) is 0 Å². The molecule has 0 bridgehead atoms. The van der Waals surface area contributed by atoms with Crippen molar-refractivity contribution in [2.24, 2.45) is 5.92 Å². The van der Waals surface area contributed by atoms with Crippen LogP contribution in [0.1, 0.15) is 43.6 Å². The van der Waals surface area contributed by atoms with Gasteiger partial charge < -0.3 is 10.1 Å². The van der Waals surface area contributed by atoms with Gasteiger partial charge in [0.05, 0.1) is 24.3 Å². The van der Waals surface area contributed by atoms with Gasteiger partial charge in [-0.3, -0.25) is 9.78 Å². The minimum atomic E-state index is -0.00350. The Morgan fingerprint density at radius 3 is 2.88 bits per heavy atom. The molecule has 1 N–H and O–H groups in total. The van der Waals surface area contributed by atoms with E-state index >= 15 is 0 Å². The van der Waals surface area contributed by atoms with Gasteiger partial charge in [0.2, 0.25) is 5.91 Å². The number of fused-ring (bicyclic) bond motifs is 1. The van der Waals surface area contributed by atoms with Crippen molar-refractivity contribution in [3.05, 3.63) is 36.2 Å². The van der Waals surface area contributed by atoms with Gasteiger partial charge in [0.25, 0.3) is 0 Å². The molecule has 2 aromatic rings. The first-order valence-corrected chi connectivity index (χ1v) is 9.44. The van der Waals surface area contributed by atoms with E-state index < -0.39 is 0 Å². The predicted molar refractivity (Wildman–Crippen MR) is 95.6 cm³/mol. The number of aryl methyl sites for hydroxylation is 2. The van der Waals surface area contributed by atoms with Crippen LogP contribution in [0.15, 0.2) is 24.7 Å². The van der Waals surface area contributed by atoms with Gasteiger partial charge in [-0.15, -0.1) is 0 Å². The number of aromatic nitrogens is 4. The maximum absolute atomic E-state index is 12.6. The molecule has 1 saturated carbocycles. The maximum atomic E-state index is 12.6. The minimum Gasteiger partial charge on any atom is -0.489 e. The summed E-state index contributed by atoms with van der Waals surface area (Å²) in [5.74, 6) is 2.00. The zero-order valence-electron chi connectivity index (χ0n) is 15.1. The van der Waals surface area contributed by atoms with Crippen molar-refractivity contribution in [3.8, 4) is 5.75 Å². The number of pyridine rings is 1. The van der Waals surface area contributed by atoms with Gasteiger partial charge >= 0.3 is 0 Å². The van der Waals surface area contributed by atoms with Crippen LogP contribution >= 0.6 is 0 Å². The molecule has 3 heterocycles. The van der Waals surface area contributed by atoms with Crippen molar-refractivity contribution < 1.29 is 9.53 Å². The van der Waals surface area contributed by atoms with E-state index in [-0.39, 0.29) is 24.0 Å². The Morgan fingerprint density at radius 1 is 1.23 bits per heavy atom. The Labute approximate surface area is 153 Å². The molecule has 1 amide bonds. The van der Waals surface area contributed by atoms with Crippen molar-refractivity contribution in [2.75, 3.05) is 0 Å². The Morgan fingerprint density at radius 2 is 2.08 bits per heavy atom. The van der Waals surface area contributed by atoms with E-state index in [1.165, 1.54) is 0 Å². The van der Waals surface area contributed by atoms with E-state index in [0.717, 1.165) is 55.8 Å². The molecule has 0 spiro atoms. The van der Waals surface area contributed by atoms with E-state index in [1.807, 2.05) is 23.7 Å². The predicted octanol–water partition coefficient (Wildman–Crippen LogP) is 2.05. The Kier molecular flexibility index (Phi) is 4.86. The third-order valence-electron chi connectivity index (χ3n) is 5.45. The summed E-state index contributed by atoms with van der Waals surface area (Å²) < 4.78 is 7.95. The largest absolute Gasteiger partial charge is 0.489 e. The normalized spacial score (nSPS) is 25.3. The quantitative estimate of drug-likeness (QED) is 0.908. The average Bonchev–Trinajstić information content (AvgIpc) is 3.13. The van der Waals surface area contributed by atoms with Gasteiger partial charge in [-0.25, -0.2) is 9.67 Å². The highest BCUT2D eigenvalue weighted by molar-refractivity contribution is 5.79. The number of carbonyl (C=O) groups excluding carboxylic acids is 1. The van der Waals surface area contributed by atoms with Crippen LogP contribution in [0, 0.1) is 12.8 Å². The highest BCUT2D eigenvalue weighted by Gasteiger charge is 2.29. The van der Waals surface area contributed by atoms with Crippen LogP contribution in [0.3, 0.4) is 0 Å². The molecule has 4 rings (SSSR count). The highest BCUT2D eigenvalue weighted by Crippen LogP contribution is 2.26. The van der Waals surface area contributed by atoms with Crippen LogP contribution in [0.5, 0.6) is 5.75 Å². The third kappa shape index (κ3) is 3.71. The summed E-state index contributed by atoms with van der Waals surface area (Å²) >= 11 is 0. The molecule has 7 nitrogen and oxygen atoms in total. The first kappa shape index (κ1) is 17.0. The lowest BCUT2D eigenvalue weighted by molar-refractivity contribution is -0.127. The van der Waals surface area contributed by atoms with Gasteiger partial charge in [-0.2, -0.15) is 5.10 Å². The molecule has 2 aliphatic rings. The molecule has 1 unspecified atom stereocenters. The van der Waals surface area contributed by atoms with E-state index in [0.29, 0.717) is 6.54 Å². The lowest BCUT2D eigenvalue weighted by atomic mass is 9.91. The van der Waals surface area contributed by atoms with Gasteiger partial charge in [-0.05, 0) is 51.2 Å². The molecule has 0 saturated heterocycles. The molecule has 1 aliphatic carbocycles. The third-order valence-corrected chi connectivity index (χ3v) is 5.45. The number of nitrogens with one attached hydrogen (secondary N) is 1. The Balaban J connectivity index is 1.25. The fourth-order valence-corrected chi connectivity index (χ4v) is 3.87. The molecule has 138 valence electrons. The van der Waals surface area contributed by atoms with Crippen LogP contribution in [-0.2, 0) is 17.8 Å². The fourth-order valence-electron chi connectivity index (χ4n) is 3.87. The zero-order chi connectivity index (χ0) is 17.9. The smallest absolute Gasteiger partial charge is 0.225 e. The van der Waals surface area contributed by atoms with Crippen LogP contribution in [-0.4, -0.2) is 37.8 Å². The molecular weight excluding hydrogens is 330 g/mol. The van der Waals surface area contributed by atoms with E-state index in [9.17, 15) is 4.79 Å². The minimum absolute atomic E-state index is 0.00350. The number of ether oxygens (including phenoxy) is 1. The molecule has 7 heteroatoms. The first-order valence-electron chi connectivity index (χ1n) is 9.44.